The Morgan fingerprint density at radius 2 is 2.33 bits per heavy atom. The monoisotopic (exact) mass is 206 g/mol. The van der Waals surface area contributed by atoms with Gasteiger partial charge in [0.2, 0.25) is 0 Å². The van der Waals surface area contributed by atoms with E-state index in [0.717, 1.165) is 16.7 Å². The van der Waals surface area contributed by atoms with Gasteiger partial charge in [0.1, 0.15) is 5.52 Å². The van der Waals surface area contributed by atoms with Crippen molar-refractivity contribution in [1.82, 2.24) is 14.5 Å². The molecule has 0 radical (unpaired) electrons. The first-order chi connectivity index (χ1) is 7.27. The van der Waals surface area contributed by atoms with Crippen LogP contribution in [0.1, 0.15) is 11.6 Å². The van der Waals surface area contributed by atoms with Crippen LogP contribution in [0.25, 0.3) is 11.0 Å². The number of nitrogens with zero attached hydrogens (tertiary/aromatic N) is 3. The van der Waals surface area contributed by atoms with Gasteiger partial charge < -0.3 is 15.4 Å². The lowest BCUT2D eigenvalue weighted by molar-refractivity contribution is 0.266. The van der Waals surface area contributed by atoms with Crippen LogP contribution in [0.15, 0.2) is 18.6 Å². The third-order valence-corrected chi connectivity index (χ3v) is 2.56. The third kappa shape index (κ3) is 1.60. The van der Waals surface area contributed by atoms with E-state index < -0.39 is 0 Å². The zero-order valence-electron chi connectivity index (χ0n) is 8.59. The Hall–Kier alpha value is -1.46. The summed E-state index contributed by atoms with van der Waals surface area (Å²) in [5, 5.41) is 9.19. The molecule has 5 heteroatoms. The lowest BCUT2D eigenvalue weighted by Gasteiger charge is -2.10. The molecule has 3 N–H and O–H groups in total. The first kappa shape index (κ1) is 10.1. The summed E-state index contributed by atoms with van der Waals surface area (Å²) < 4.78 is 1.92. The molecule has 0 spiro atoms. The largest absolute Gasteiger partial charge is 0.396 e. The van der Waals surface area contributed by atoms with Crippen LogP contribution >= 0.6 is 0 Å². The summed E-state index contributed by atoms with van der Waals surface area (Å²) in [7, 11) is 1.93. The Morgan fingerprint density at radius 1 is 1.53 bits per heavy atom. The van der Waals surface area contributed by atoms with Crippen LogP contribution in [0.2, 0.25) is 0 Å². The van der Waals surface area contributed by atoms with Gasteiger partial charge in [0.05, 0.1) is 24.1 Å². The second-order valence-corrected chi connectivity index (χ2v) is 3.53. The van der Waals surface area contributed by atoms with Gasteiger partial charge in [0.15, 0.2) is 0 Å². The zero-order valence-corrected chi connectivity index (χ0v) is 8.59. The van der Waals surface area contributed by atoms with Gasteiger partial charge in [-0.3, -0.25) is 4.98 Å². The van der Waals surface area contributed by atoms with E-state index in [-0.39, 0.29) is 12.5 Å². The molecule has 0 aromatic carbocycles. The highest BCUT2D eigenvalue weighted by Gasteiger charge is 2.15. The summed E-state index contributed by atoms with van der Waals surface area (Å²) in [5.41, 5.74) is 8.18. The molecule has 1 unspecified atom stereocenters. The van der Waals surface area contributed by atoms with Crippen molar-refractivity contribution < 1.29 is 5.11 Å². The van der Waals surface area contributed by atoms with Gasteiger partial charge in [0, 0.05) is 25.7 Å². The molecule has 0 fully saturated rings. The molecule has 0 amide bonds. The first-order valence-electron chi connectivity index (χ1n) is 4.84. The van der Waals surface area contributed by atoms with Crippen molar-refractivity contribution in [3.63, 3.8) is 0 Å². The quantitative estimate of drug-likeness (QED) is 0.741. The van der Waals surface area contributed by atoms with E-state index >= 15 is 0 Å². The molecule has 0 aliphatic carbocycles. The van der Waals surface area contributed by atoms with Gasteiger partial charge in [-0.1, -0.05) is 0 Å². The number of aryl methyl sites for hydroxylation is 1. The molecule has 2 heterocycles. The van der Waals surface area contributed by atoms with Crippen molar-refractivity contribution in [3.05, 3.63) is 24.3 Å². The highest BCUT2D eigenvalue weighted by atomic mass is 16.3. The summed E-state index contributed by atoms with van der Waals surface area (Å²) in [6, 6.07) is 1.90. The molecule has 2 rings (SSSR count). The van der Waals surface area contributed by atoms with Gasteiger partial charge in [-0.15, -0.1) is 0 Å². The average molecular weight is 206 g/mol. The topological polar surface area (TPSA) is 77.0 Å². The van der Waals surface area contributed by atoms with Crippen LogP contribution < -0.4 is 5.73 Å². The number of aromatic nitrogens is 3. The molecule has 15 heavy (non-hydrogen) atoms. The maximum Gasteiger partial charge on any atom is 0.110 e. The van der Waals surface area contributed by atoms with Crippen molar-refractivity contribution in [2.45, 2.75) is 5.92 Å². The normalized spacial score (nSPS) is 13.3. The Labute approximate surface area is 87.6 Å². The van der Waals surface area contributed by atoms with Crippen molar-refractivity contribution in [3.8, 4) is 0 Å². The number of rotatable bonds is 3. The predicted octanol–water partition coefficient (Wildman–Crippen LogP) is 0.00290. The molecule has 0 aliphatic heterocycles. The molecule has 80 valence electrons. The van der Waals surface area contributed by atoms with Gasteiger partial charge >= 0.3 is 0 Å². The maximum absolute atomic E-state index is 9.19. The Kier molecular flexibility index (Phi) is 2.66. The van der Waals surface area contributed by atoms with Crippen molar-refractivity contribution in [1.29, 1.82) is 0 Å². The Morgan fingerprint density at radius 3 is 3.00 bits per heavy atom. The highest BCUT2D eigenvalue weighted by molar-refractivity contribution is 5.77. The molecule has 0 saturated carbocycles. The summed E-state index contributed by atoms with van der Waals surface area (Å²) in [4.78, 5) is 8.52. The number of fused-ring (bicyclic) bond motifs is 1. The Bertz CT molecular complexity index is 461. The van der Waals surface area contributed by atoms with Crippen LogP contribution in [0.5, 0.6) is 0 Å². The third-order valence-electron chi connectivity index (χ3n) is 2.56. The van der Waals surface area contributed by atoms with E-state index in [1.54, 1.807) is 12.5 Å². The summed E-state index contributed by atoms with van der Waals surface area (Å²) in [6.07, 6.45) is 3.46. The highest BCUT2D eigenvalue weighted by Crippen LogP contribution is 2.20. The van der Waals surface area contributed by atoms with Gasteiger partial charge in [-0.25, -0.2) is 4.98 Å². The SMILES string of the molecule is Cn1cnc2c(C(CN)CO)nccc21. The molecular weight excluding hydrogens is 192 g/mol. The van der Waals surface area contributed by atoms with Gasteiger partial charge in [-0.2, -0.15) is 0 Å². The first-order valence-corrected chi connectivity index (χ1v) is 4.84. The smallest absolute Gasteiger partial charge is 0.110 e. The van der Waals surface area contributed by atoms with Crippen molar-refractivity contribution >= 4 is 11.0 Å². The second-order valence-electron chi connectivity index (χ2n) is 3.53. The minimum absolute atomic E-state index is 0.000806. The lowest BCUT2D eigenvalue weighted by atomic mass is 10.1. The lowest BCUT2D eigenvalue weighted by Crippen LogP contribution is -2.17. The Balaban J connectivity index is 2.60. The van der Waals surface area contributed by atoms with Crippen LogP contribution in [0.4, 0.5) is 0 Å². The van der Waals surface area contributed by atoms with E-state index in [4.69, 9.17) is 5.73 Å². The van der Waals surface area contributed by atoms with Crippen LogP contribution in [0.3, 0.4) is 0 Å². The molecule has 0 aliphatic rings. The fraction of sp³-hybridized carbons (Fsp3) is 0.400. The summed E-state index contributed by atoms with van der Waals surface area (Å²) in [5.74, 6) is -0.136. The number of imidazole rings is 1. The number of aliphatic hydroxyl groups is 1. The van der Waals surface area contributed by atoms with Gasteiger partial charge in [0.25, 0.3) is 0 Å². The molecule has 2 aromatic heterocycles. The molecule has 2 aromatic rings. The van der Waals surface area contributed by atoms with E-state index in [1.807, 2.05) is 17.7 Å². The van der Waals surface area contributed by atoms with Crippen molar-refractivity contribution in [2.24, 2.45) is 12.8 Å². The number of hydrogen-bond acceptors (Lipinski definition) is 4. The van der Waals surface area contributed by atoms with E-state index in [2.05, 4.69) is 9.97 Å². The molecule has 0 saturated heterocycles. The number of pyridine rings is 1. The van der Waals surface area contributed by atoms with Crippen LogP contribution in [0, 0.1) is 0 Å². The predicted molar refractivity (Wildman–Crippen MR) is 57.4 cm³/mol. The zero-order chi connectivity index (χ0) is 10.8. The molecule has 0 bridgehead atoms. The summed E-state index contributed by atoms with van der Waals surface area (Å²) in [6.45, 7) is 0.373. The standard InChI is InChI=1S/C10H14N4O/c1-14-6-13-10-8(14)2-3-12-9(10)7(4-11)5-15/h2-3,6-7,15H,4-5,11H2,1H3. The van der Waals surface area contributed by atoms with E-state index in [9.17, 15) is 5.11 Å². The molecule has 1 atom stereocenters. The van der Waals surface area contributed by atoms with Crippen LogP contribution in [-0.2, 0) is 7.05 Å². The number of nitrogens with two attached hydrogens (primary N) is 1. The fourth-order valence-corrected chi connectivity index (χ4v) is 1.65. The fourth-order valence-electron chi connectivity index (χ4n) is 1.65. The maximum atomic E-state index is 9.19. The van der Waals surface area contributed by atoms with Crippen LogP contribution in [-0.4, -0.2) is 32.8 Å². The second kappa shape index (κ2) is 3.96. The minimum atomic E-state index is -0.136. The number of hydrogen-bond donors (Lipinski definition) is 2. The number of aliphatic hydroxyl groups excluding tert-OH is 1. The van der Waals surface area contributed by atoms with Gasteiger partial charge in [-0.05, 0) is 6.07 Å². The van der Waals surface area contributed by atoms with E-state index in [0.29, 0.717) is 6.54 Å². The van der Waals surface area contributed by atoms with E-state index in [1.165, 1.54) is 0 Å². The molecule has 5 nitrogen and oxygen atoms in total. The minimum Gasteiger partial charge on any atom is -0.396 e. The van der Waals surface area contributed by atoms with Crippen molar-refractivity contribution in [2.75, 3.05) is 13.2 Å². The molecular formula is C10H14N4O. The summed E-state index contributed by atoms with van der Waals surface area (Å²) >= 11 is 0. The average Bonchev–Trinajstić information content (AvgIpc) is 2.64.